The lowest BCUT2D eigenvalue weighted by molar-refractivity contribution is 0.0926. The third kappa shape index (κ3) is 5.45. The number of likely N-dealkylation sites (tertiary alicyclic amines) is 1. The smallest absolute Gasteiger partial charge is 0.251 e. The van der Waals surface area contributed by atoms with E-state index in [9.17, 15) is 4.79 Å². The van der Waals surface area contributed by atoms with Gasteiger partial charge in [0.15, 0.2) is 0 Å². The molecular weight excluding hydrogens is 366 g/mol. The van der Waals surface area contributed by atoms with Gasteiger partial charge in [0, 0.05) is 24.8 Å². The number of benzene rings is 1. The molecule has 1 aliphatic heterocycles. The van der Waals surface area contributed by atoms with Gasteiger partial charge < -0.3 is 14.5 Å². The van der Waals surface area contributed by atoms with Gasteiger partial charge in [-0.25, -0.2) is 0 Å². The van der Waals surface area contributed by atoms with E-state index in [1.807, 2.05) is 42.5 Å². The molecule has 4 rings (SSSR count). The molecule has 2 aromatic heterocycles. The summed E-state index contributed by atoms with van der Waals surface area (Å²) in [5, 5.41) is 2.88. The van der Waals surface area contributed by atoms with Gasteiger partial charge in [-0.1, -0.05) is 6.07 Å². The van der Waals surface area contributed by atoms with Crippen LogP contribution in [0.3, 0.4) is 0 Å². The van der Waals surface area contributed by atoms with E-state index in [4.69, 9.17) is 9.15 Å². The number of hydrogen-bond acceptors (Lipinski definition) is 5. The molecule has 1 aliphatic rings. The molecule has 1 aromatic carbocycles. The molecule has 29 heavy (non-hydrogen) atoms. The number of nitrogens with one attached hydrogen (secondary N) is 1. The molecule has 3 aromatic rings. The number of pyridine rings is 1. The van der Waals surface area contributed by atoms with E-state index in [1.54, 1.807) is 24.6 Å². The number of carbonyl (C=O) groups is 1. The topological polar surface area (TPSA) is 67.6 Å². The Hall–Kier alpha value is -3.12. The average Bonchev–Trinajstić information content (AvgIpc) is 3.28. The Labute approximate surface area is 170 Å². The zero-order valence-corrected chi connectivity index (χ0v) is 16.3. The third-order valence-corrected chi connectivity index (χ3v) is 5.07. The van der Waals surface area contributed by atoms with Crippen molar-refractivity contribution in [3.63, 3.8) is 0 Å². The Bertz CT molecular complexity index is 887. The first-order valence-corrected chi connectivity index (χ1v) is 9.96. The molecule has 0 aliphatic carbocycles. The summed E-state index contributed by atoms with van der Waals surface area (Å²) in [5.74, 6) is 1.69. The van der Waals surface area contributed by atoms with Crippen LogP contribution in [0, 0.1) is 0 Å². The van der Waals surface area contributed by atoms with Crippen LogP contribution in [0.25, 0.3) is 0 Å². The van der Waals surface area contributed by atoms with Crippen LogP contribution in [0.2, 0.25) is 0 Å². The van der Waals surface area contributed by atoms with E-state index in [1.165, 1.54) is 0 Å². The molecule has 6 nitrogen and oxygen atoms in total. The normalized spacial score (nSPS) is 15.2. The van der Waals surface area contributed by atoms with Crippen molar-refractivity contribution in [3.8, 4) is 5.75 Å². The highest BCUT2D eigenvalue weighted by atomic mass is 16.5. The number of aromatic nitrogens is 1. The zero-order valence-electron chi connectivity index (χ0n) is 16.3. The van der Waals surface area contributed by atoms with E-state index >= 15 is 0 Å². The summed E-state index contributed by atoms with van der Waals surface area (Å²) in [6.07, 6.45) is 5.59. The lowest BCUT2D eigenvalue weighted by Crippen LogP contribution is -2.37. The number of carbonyl (C=O) groups excluding carboxylic acids is 1. The monoisotopic (exact) mass is 391 g/mol. The van der Waals surface area contributed by atoms with Crippen LogP contribution in [-0.4, -0.2) is 35.0 Å². The van der Waals surface area contributed by atoms with E-state index < -0.39 is 0 Å². The van der Waals surface area contributed by atoms with E-state index in [0.29, 0.717) is 12.1 Å². The number of hydrogen-bond donors (Lipinski definition) is 1. The van der Waals surface area contributed by atoms with Crippen molar-refractivity contribution in [3.05, 3.63) is 84.1 Å². The number of furan rings is 1. The second-order valence-corrected chi connectivity index (χ2v) is 7.20. The van der Waals surface area contributed by atoms with Crippen molar-refractivity contribution in [1.82, 2.24) is 15.2 Å². The maximum absolute atomic E-state index is 12.3. The van der Waals surface area contributed by atoms with E-state index in [2.05, 4.69) is 15.2 Å². The molecule has 1 N–H and O–H groups in total. The number of piperidine rings is 1. The fraction of sp³-hybridized carbons (Fsp3) is 0.304. The largest absolute Gasteiger partial charge is 0.490 e. The molecule has 1 saturated heterocycles. The fourth-order valence-corrected chi connectivity index (χ4v) is 3.46. The summed E-state index contributed by atoms with van der Waals surface area (Å²) in [5.41, 5.74) is 1.45. The van der Waals surface area contributed by atoms with Crippen molar-refractivity contribution in [2.45, 2.75) is 32.0 Å². The Balaban J connectivity index is 1.23. The van der Waals surface area contributed by atoms with Crippen molar-refractivity contribution >= 4 is 5.91 Å². The Morgan fingerprint density at radius 3 is 2.62 bits per heavy atom. The maximum Gasteiger partial charge on any atom is 0.251 e. The Morgan fingerprint density at radius 2 is 1.93 bits per heavy atom. The Morgan fingerprint density at radius 1 is 1.10 bits per heavy atom. The van der Waals surface area contributed by atoms with E-state index in [0.717, 1.165) is 49.7 Å². The highest BCUT2D eigenvalue weighted by molar-refractivity contribution is 5.94. The predicted octanol–water partition coefficient (Wildman–Crippen LogP) is 3.65. The summed E-state index contributed by atoms with van der Waals surface area (Å²) in [7, 11) is 0. The van der Waals surface area contributed by atoms with Gasteiger partial charge in [-0.05, 0) is 61.4 Å². The summed E-state index contributed by atoms with van der Waals surface area (Å²) in [6.45, 7) is 3.23. The molecule has 0 atom stereocenters. The summed E-state index contributed by atoms with van der Waals surface area (Å²) < 4.78 is 11.5. The van der Waals surface area contributed by atoms with Crippen LogP contribution in [0.15, 0.2) is 71.5 Å². The molecular formula is C23H25N3O3. The first-order valence-electron chi connectivity index (χ1n) is 9.96. The maximum atomic E-state index is 12.3. The number of rotatable bonds is 7. The van der Waals surface area contributed by atoms with Gasteiger partial charge in [0.1, 0.15) is 17.6 Å². The van der Waals surface area contributed by atoms with Gasteiger partial charge in [0.25, 0.3) is 5.91 Å². The summed E-state index contributed by atoms with van der Waals surface area (Å²) >= 11 is 0. The van der Waals surface area contributed by atoms with Crippen LogP contribution in [-0.2, 0) is 13.1 Å². The van der Waals surface area contributed by atoms with Crippen molar-refractivity contribution < 1.29 is 13.9 Å². The molecule has 3 heterocycles. The van der Waals surface area contributed by atoms with Gasteiger partial charge in [-0.15, -0.1) is 0 Å². The minimum atomic E-state index is -0.117. The Kier molecular flexibility index (Phi) is 6.22. The van der Waals surface area contributed by atoms with Gasteiger partial charge in [-0.2, -0.15) is 0 Å². The molecule has 0 saturated carbocycles. The molecule has 1 amide bonds. The van der Waals surface area contributed by atoms with Crippen molar-refractivity contribution in [2.75, 3.05) is 13.1 Å². The quantitative estimate of drug-likeness (QED) is 0.666. The van der Waals surface area contributed by atoms with Crippen molar-refractivity contribution in [1.29, 1.82) is 0 Å². The predicted molar refractivity (Wildman–Crippen MR) is 109 cm³/mol. The van der Waals surface area contributed by atoms with Crippen LogP contribution in [0.4, 0.5) is 0 Å². The number of amides is 1. The zero-order chi connectivity index (χ0) is 19.9. The highest BCUT2D eigenvalue weighted by Crippen LogP contribution is 2.21. The molecule has 0 spiro atoms. The van der Waals surface area contributed by atoms with Gasteiger partial charge >= 0.3 is 0 Å². The van der Waals surface area contributed by atoms with Gasteiger partial charge in [0.2, 0.25) is 0 Å². The first-order chi connectivity index (χ1) is 14.3. The average molecular weight is 391 g/mol. The first kappa shape index (κ1) is 19.2. The molecule has 150 valence electrons. The molecule has 0 unspecified atom stereocenters. The SMILES string of the molecule is O=C(NCc1ccccn1)c1ccc(OC2CCN(Cc3ccco3)CC2)cc1. The minimum Gasteiger partial charge on any atom is -0.490 e. The van der Waals surface area contributed by atoms with Gasteiger partial charge in [-0.3, -0.25) is 14.7 Å². The van der Waals surface area contributed by atoms with Crippen LogP contribution >= 0.6 is 0 Å². The third-order valence-electron chi connectivity index (χ3n) is 5.07. The van der Waals surface area contributed by atoms with E-state index in [-0.39, 0.29) is 12.0 Å². The van der Waals surface area contributed by atoms with Crippen LogP contribution in [0.5, 0.6) is 5.75 Å². The minimum absolute atomic E-state index is 0.117. The second-order valence-electron chi connectivity index (χ2n) is 7.20. The summed E-state index contributed by atoms with van der Waals surface area (Å²) in [6, 6.07) is 16.9. The fourth-order valence-electron chi connectivity index (χ4n) is 3.46. The molecule has 6 heteroatoms. The molecule has 1 fully saturated rings. The van der Waals surface area contributed by atoms with Crippen LogP contribution < -0.4 is 10.1 Å². The number of ether oxygens (including phenoxy) is 1. The molecule has 0 radical (unpaired) electrons. The van der Waals surface area contributed by atoms with Crippen LogP contribution in [0.1, 0.15) is 34.7 Å². The van der Waals surface area contributed by atoms with Crippen molar-refractivity contribution in [2.24, 2.45) is 0 Å². The summed E-state index contributed by atoms with van der Waals surface area (Å²) in [4.78, 5) is 18.9. The molecule has 0 bridgehead atoms. The lowest BCUT2D eigenvalue weighted by atomic mass is 10.1. The second kappa shape index (κ2) is 9.39. The highest BCUT2D eigenvalue weighted by Gasteiger charge is 2.21. The lowest BCUT2D eigenvalue weighted by Gasteiger charge is -2.31. The van der Waals surface area contributed by atoms with Gasteiger partial charge in [0.05, 0.1) is 25.0 Å². The number of nitrogens with zero attached hydrogens (tertiary/aromatic N) is 2. The standard InChI is InChI=1S/C23H25N3O3/c27-23(25-16-19-4-1-2-12-24-19)18-6-8-20(9-7-18)29-21-10-13-26(14-11-21)17-22-5-3-15-28-22/h1-9,12,15,21H,10-11,13-14,16-17H2,(H,25,27).